The van der Waals surface area contributed by atoms with Crippen molar-refractivity contribution in [3.63, 3.8) is 0 Å². The molecular weight excluding hydrogens is 274 g/mol. The Kier molecular flexibility index (Phi) is 3.55. The van der Waals surface area contributed by atoms with Gasteiger partial charge in [-0.05, 0) is 18.4 Å². The van der Waals surface area contributed by atoms with Crippen LogP contribution in [-0.4, -0.2) is 31.0 Å². The van der Waals surface area contributed by atoms with Crippen LogP contribution in [0.1, 0.15) is 6.92 Å². The lowest BCUT2D eigenvalue weighted by Crippen LogP contribution is -2.10. The standard InChI is InChI=1S/C12H13N7S/c1-2-14-10-16-11(15-9-3-6-20-7-9)18-12(17-10)19-5-4-13-8-19/h3-8H,2H2,1H3,(H2,14,15,16,17,18). The maximum atomic E-state index is 4.39. The molecule has 0 saturated carbocycles. The first-order chi connectivity index (χ1) is 9.85. The summed E-state index contributed by atoms with van der Waals surface area (Å²) in [7, 11) is 0. The first-order valence-corrected chi connectivity index (χ1v) is 7.07. The molecule has 0 bridgehead atoms. The molecule has 0 aliphatic carbocycles. The van der Waals surface area contributed by atoms with Crippen LogP contribution in [0.25, 0.3) is 5.95 Å². The van der Waals surface area contributed by atoms with Gasteiger partial charge in [-0.3, -0.25) is 4.57 Å². The van der Waals surface area contributed by atoms with Gasteiger partial charge in [-0.1, -0.05) is 0 Å². The van der Waals surface area contributed by atoms with E-state index in [9.17, 15) is 0 Å². The fraction of sp³-hybridized carbons (Fsp3) is 0.167. The second-order valence-corrected chi connectivity index (χ2v) is 4.70. The number of nitrogens with zero attached hydrogens (tertiary/aromatic N) is 5. The van der Waals surface area contributed by atoms with Crippen molar-refractivity contribution in [3.05, 3.63) is 35.5 Å². The zero-order valence-corrected chi connectivity index (χ0v) is 11.6. The quantitative estimate of drug-likeness (QED) is 0.749. The fourth-order valence-electron chi connectivity index (χ4n) is 1.62. The third-order valence-electron chi connectivity index (χ3n) is 2.47. The summed E-state index contributed by atoms with van der Waals surface area (Å²) in [6, 6.07) is 1.97. The van der Waals surface area contributed by atoms with Gasteiger partial charge in [0, 0.05) is 24.3 Å². The van der Waals surface area contributed by atoms with Crippen LogP contribution in [0.4, 0.5) is 17.6 Å². The van der Waals surface area contributed by atoms with Crippen molar-refractivity contribution in [2.75, 3.05) is 17.2 Å². The molecule has 3 aromatic heterocycles. The first kappa shape index (κ1) is 12.5. The molecule has 8 heteroatoms. The van der Waals surface area contributed by atoms with Crippen LogP contribution in [0.2, 0.25) is 0 Å². The number of imidazole rings is 1. The van der Waals surface area contributed by atoms with Crippen molar-refractivity contribution in [1.82, 2.24) is 24.5 Å². The van der Waals surface area contributed by atoms with Gasteiger partial charge in [0.25, 0.3) is 0 Å². The van der Waals surface area contributed by atoms with Gasteiger partial charge in [-0.15, -0.1) is 0 Å². The van der Waals surface area contributed by atoms with Crippen LogP contribution < -0.4 is 10.6 Å². The normalized spacial score (nSPS) is 10.4. The van der Waals surface area contributed by atoms with Crippen LogP contribution in [0.5, 0.6) is 0 Å². The Hall–Kier alpha value is -2.48. The lowest BCUT2D eigenvalue weighted by Gasteiger charge is -2.08. The predicted octanol–water partition coefficient (Wildman–Crippen LogP) is 2.29. The Morgan fingerprint density at radius 2 is 2.15 bits per heavy atom. The molecule has 20 heavy (non-hydrogen) atoms. The smallest absolute Gasteiger partial charge is 0.241 e. The minimum Gasteiger partial charge on any atom is -0.354 e. The Morgan fingerprint density at radius 1 is 1.25 bits per heavy atom. The summed E-state index contributed by atoms with van der Waals surface area (Å²) in [5.41, 5.74) is 0.959. The van der Waals surface area contributed by atoms with Crippen molar-refractivity contribution in [3.8, 4) is 5.95 Å². The lowest BCUT2D eigenvalue weighted by molar-refractivity contribution is 0.896. The largest absolute Gasteiger partial charge is 0.354 e. The van der Waals surface area contributed by atoms with E-state index >= 15 is 0 Å². The van der Waals surface area contributed by atoms with Gasteiger partial charge in [-0.2, -0.15) is 26.3 Å². The van der Waals surface area contributed by atoms with E-state index in [4.69, 9.17) is 0 Å². The maximum Gasteiger partial charge on any atom is 0.241 e. The Morgan fingerprint density at radius 3 is 2.85 bits per heavy atom. The van der Waals surface area contributed by atoms with E-state index < -0.39 is 0 Å². The molecule has 7 nitrogen and oxygen atoms in total. The molecule has 0 aliphatic heterocycles. The number of rotatable bonds is 5. The molecule has 0 aliphatic rings. The average Bonchev–Trinajstić information content (AvgIpc) is 3.11. The molecule has 102 valence electrons. The molecule has 0 radical (unpaired) electrons. The number of hydrogen-bond donors (Lipinski definition) is 2. The van der Waals surface area contributed by atoms with Crippen molar-refractivity contribution in [2.45, 2.75) is 6.92 Å². The van der Waals surface area contributed by atoms with Crippen molar-refractivity contribution in [1.29, 1.82) is 0 Å². The number of aromatic nitrogens is 5. The second-order valence-electron chi connectivity index (χ2n) is 3.92. The highest BCUT2D eigenvalue weighted by Gasteiger charge is 2.08. The van der Waals surface area contributed by atoms with E-state index in [1.165, 1.54) is 0 Å². The van der Waals surface area contributed by atoms with E-state index in [1.807, 2.05) is 23.8 Å². The zero-order valence-electron chi connectivity index (χ0n) is 10.8. The molecule has 0 fully saturated rings. The summed E-state index contributed by atoms with van der Waals surface area (Å²) >= 11 is 1.61. The maximum absolute atomic E-state index is 4.39. The summed E-state index contributed by atoms with van der Waals surface area (Å²) in [5.74, 6) is 1.55. The Labute approximate surface area is 119 Å². The minimum atomic E-state index is 0.498. The monoisotopic (exact) mass is 287 g/mol. The molecule has 0 amide bonds. The summed E-state index contributed by atoms with van der Waals surface area (Å²) < 4.78 is 1.74. The summed E-state index contributed by atoms with van der Waals surface area (Å²) in [6.07, 6.45) is 5.13. The van der Waals surface area contributed by atoms with E-state index in [2.05, 4.69) is 30.6 Å². The van der Waals surface area contributed by atoms with Crippen LogP contribution >= 0.6 is 11.3 Å². The molecule has 0 aromatic carbocycles. The second kappa shape index (κ2) is 5.66. The van der Waals surface area contributed by atoms with Crippen molar-refractivity contribution >= 4 is 28.9 Å². The SMILES string of the molecule is CCNc1nc(Nc2ccsc2)nc(-n2ccnc2)n1. The van der Waals surface area contributed by atoms with Gasteiger partial charge in [0.1, 0.15) is 6.33 Å². The molecule has 3 heterocycles. The van der Waals surface area contributed by atoms with Gasteiger partial charge in [0.05, 0.1) is 5.69 Å². The first-order valence-electron chi connectivity index (χ1n) is 6.12. The van der Waals surface area contributed by atoms with Gasteiger partial charge in [0.15, 0.2) is 0 Å². The Bertz CT molecular complexity index is 663. The fourth-order valence-corrected chi connectivity index (χ4v) is 2.20. The third-order valence-corrected chi connectivity index (χ3v) is 3.15. The summed E-state index contributed by atoms with van der Waals surface area (Å²) in [4.78, 5) is 17.1. The zero-order chi connectivity index (χ0) is 13.8. The van der Waals surface area contributed by atoms with Crippen molar-refractivity contribution < 1.29 is 0 Å². The van der Waals surface area contributed by atoms with Crippen LogP contribution in [0, 0.1) is 0 Å². The summed E-state index contributed by atoms with van der Waals surface area (Å²) in [6.45, 7) is 2.73. The molecule has 0 saturated heterocycles. The topological polar surface area (TPSA) is 80.5 Å². The van der Waals surface area contributed by atoms with E-state index in [1.54, 1.807) is 34.6 Å². The Balaban J connectivity index is 1.96. The molecule has 0 spiro atoms. The van der Waals surface area contributed by atoms with Gasteiger partial charge < -0.3 is 10.6 Å². The predicted molar refractivity (Wildman–Crippen MR) is 78.7 cm³/mol. The highest BCUT2D eigenvalue weighted by atomic mass is 32.1. The van der Waals surface area contributed by atoms with Gasteiger partial charge in [0.2, 0.25) is 17.8 Å². The highest BCUT2D eigenvalue weighted by molar-refractivity contribution is 7.08. The number of nitrogens with one attached hydrogen (secondary N) is 2. The van der Waals surface area contributed by atoms with E-state index in [0.29, 0.717) is 17.8 Å². The average molecular weight is 287 g/mol. The molecular formula is C12H13N7S. The third kappa shape index (κ3) is 2.75. The van der Waals surface area contributed by atoms with Crippen LogP contribution in [-0.2, 0) is 0 Å². The molecule has 2 N–H and O–H groups in total. The molecule has 0 unspecified atom stereocenters. The van der Waals surface area contributed by atoms with E-state index in [0.717, 1.165) is 12.2 Å². The lowest BCUT2D eigenvalue weighted by atomic mass is 10.5. The highest BCUT2D eigenvalue weighted by Crippen LogP contribution is 2.17. The number of anilines is 3. The summed E-state index contributed by atoms with van der Waals surface area (Å²) in [5, 5.41) is 10.2. The van der Waals surface area contributed by atoms with Gasteiger partial charge in [-0.25, -0.2) is 4.98 Å². The van der Waals surface area contributed by atoms with Gasteiger partial charge >= 0.3 is 0 Å². The van der Waals surface area contributed by atoms with E-state index in [-0.39, 0.29) is 0 Å². The molecule has 3 rings (SSSR count). The number of hydrogen-bond acceptors (Lipinski definition) is 7. The molecule has 0 atom stereocenters. The van der Waals surface area contributed by atoms with Crippen LogP contribution in [0.15, 0.2) is 35.5 Å². The van der Waals surface area contributed by atoms with Crippen LogP contribution in [0.3, 0.4) is 0 Å². The molecule has 3 aromatic rings. The van der Waals surface area contributed by atoms with Crippen molar-refractivity contribution in [2.24, 2.45) is 0 Å². The minimum absolute atomic E-state index is 0.498. The number of thiophene rings is 1.